The van der Waals surface area contributed by atoms with Crippen LogP contribution in [0.4, 0.5) is 4.79 Å². The molecule has 0 radical (unpaired) electrons. The van der Waals surface area contributed by atoms with Gasteiger partial charge in [-0.15, -0.1) is 0 Å². The molecule has 1 amide bonds. The minimum atomic E-state index is -1.10. The smallest absolute Gasteiger partial charge is 0.408 e. The first-order valence-electron chi connectivity index (χ1n) is 6.83. The normalized spacial score (nSPS) is 14.7. The molecule has 0 aromatic heterocycles. The first-order chi connectivity index (χ1) is 9.81. The first kappa shape index (κ1) is 17.2. The molecule has 0 saturated heterocycles. The van der Waals surface area contributed by atoms with E-state index in [1.165, 1.54) is 0 Å². The van der Waals surface area contributed by atoms with Gasteiger partial charge in [-0.3, -0.25) is 0 Å². The second-order valence-corrected chi connectivity index (χ2v) is 5.69. The number of aliphatic hydroxyl groups excluding tert-OH is 2. The third-order valence-corrected chi connectivity index (χ3v) is 2.58. The highest BCUT2D eigenvalue weighted by Crippen LogP contribution is 2.09. The van der Waals surface area contributed by atoms with Gasteiger partial charge in [0.15, 0.2) is 0 Å². The summed E-state index contributed by atoms with van der Waals surface area (Å²) in [5, 5.41) is 21.4. The van der Waals surface area contributed by atoms with Gasteiger partial charge in [0.25, 0.3) is 0 Å². The van der Waals surface area contributed by atoms with E-state index in [0.717, 1.165) is 5.56 Å². The largest absolute Gasteiger partial charge is 0.444 e. The average molecular weight is 293 g/mol. The van der Waals surface area contributed by atoms with Gasteiger partial charge in [0.2, 0.25) is 0 Å². The lowest BCUT2D eigenvalue weighted by molar-refractivity contribution is 0.0382. The molecule has 2 atom stereocenters. The molecule has 1 aromatic rings. The number of carbonyl (C=O) groups excluding carboxylic acids is 1. The van der Waals surface area contributed by atoms with Crippen molar-refractivity contribution in [2.45, 2.75) is 38.5 Å². The average Bonchev–Trinajstić information content (AvgIpc) is 2.41. The number of carbonyl (C=O) groups is 1. The maximum Gasteiger partial charge on any atom is 0.408 e. The molecule has 116 valence electrons. The SMILES string of the molecule is CC(C)(C)OC(=O)N[C@@H](/C=C/c1ccccc1)[C@H](O)CO. The topological polar surface area (TPSA) is 78.8 Å². The molecule has 0 spiro atoms. The molecule has 0 aliphatic rings. The van der Waals surface area contributed by atoms with Gasteiger partial charge >= 0.3 is 6.09 Å². The Balaban J connectivity index is 2.73. The van der Waals surface area contributed by atoms with Crippen LogP contribution in [0.1, 0.15) is 26.3 Å². The number of hydrogen-bond donors (Lipinski definition) is 3. The van der Waals surface area contributed by atoms with Crippen LogP contribution in [-0.4, -0.2) is 40.7 Å². The molecule has 0 unspecified atom stereocenters. The van der Waals surface area contributed by atoms with Crippen LogP contribution >= 0.6 is 0 Å². The van der Waals surface area contributed by atoms with Gasteiger partial charge < -0.3 is 20.3 Å². The van der Waals surface area contributed by atoms with Crippen molar-refractivity contribution in [1.29, 1.82) is 0 Å². The number of benzene rings is 1. The lowest BCUT2D eigenvalue weighted by atomic mass is 10.1. The Hall–Kier alpha value is -1.85. The van der Waals surface area contributed by atoms with E-state index in [1.807, 2.05) is 30.3 Å². The Kier molecular flexibility index (Phi) is 6.39. The van der Waals surface area contributed by atoms with Crippen molar-refractivity contribution in [3.05, 3.63) is 42.0 Å². The Morgan fingerprint density at radius 3 is 2.48 bits per heavy atom. The summed E-state index contributed by atoms with van der Waals surface area (Å²) in [7, 11) is 0. The molecule has 21 heavy (non-hydrogen) atoms. The van der Waals surface area contributed by atoms with Crippen molar-refractivity contribution in [2.75, 3.05) is 6.61 Å². The number of hydrogen-bond acceptors (Lipinski definition) is 4. The minimum Gasteiger partial charge on any atom is -0.444 e. The van der Waals surface area contributed by atoms with E-state index in [2.05, 4.69) is 5.32 Å². The summed E-state index contributed by atoms with van der Waals surface area (Å²) in [6.07, 6.45) is 1.65. The maximum atomic E-state index is 11.7. The van der Waals surface area contributed by atoms with E-state index in [1.54, 1.807) is 32.9 Å². The molecule has 0 fully saturated rings. The van der Waals surface area contributed by atoms with Crippen LogP contribution in [0.3, 0.4) is 0 Å². The Morgan fingerprint density at radius 2 is 1.95 bits per heavy atom. The molecule has 0 bridgehead atoms. The van der Waals surface area contributed by atoms with Crippen LogP contribution in [0, 0.1) is 0 Å². The first-order valence-corrected chi connectivity index (χ1v) is 6.83. The van der Waals surface area contributed by atoms with E-state index in [4.69, 9.17) is 9.84 Å². The fourth-order valence-corrected chi connectivity index (χ4v) is 1.61. The highest BCUT2D eigenvalue weighted by atomic mass is 16.6. The molecular formula is C16H23NO4. The predicted octanol–water partition coefficient (Wildman–Crippen LogP) is 1.95. The maximum absolute atomic E-state index is 11.7. The summed E-state index contributed by atoms with van der Waals surface area (Å²) in [5.41, 5.74) is 0.306. The third-order valence-electron chi connectivity index (χ3n) is 2.58. The van der Waals surface area contributed by atoms with Crippen molar-refractivity contribution in [3.63, 3.8) is 0 Å². The van der Waals surface area contributed by atoms with Crippen LogP contribution in [0.15, 0.2) is 36.4 Å². The Bertz CT molecular complexity index is 465. The summed E-state index contributed by atoms with van der Waals surface area (Å²) in [5.74, 6) is 0. The summed E-state index contributed by atoms with van der Waals surface area (Å²) in [6, 6.07) is 8.73. The van der Waals surface area contributed by atoms with Crippen molar-refractivity contribution in [3.8, 4) is 0 Å². The number of amides is 1. The number of alkyl carbamates (subject to hydrolysis) is 1. The molecule has 1 aromatic carbocycles. The van der Waals surface area contributed by atoms with Gasteiger partial charge in [-0.25, -0.2) is 4.79 Å². The lowest BCUT2D eigenvalue weighted by Crippen LogP contribution is -2.45. The number of rotatable bonds is 5. The molecule has 0 aliphatic heterocycles. The van der Waals surface area contributed by atoms with Crippen LogP contribution in [0.2, 0.25) is 0 Å². The third kappa shape index (κ3) is 6.92. The zero-order valence-electron chi connectivity index (χ0n) is 12.6. The van der Waals surface area contributed by atoms with Gasteiger partial charge in [-0.2, -0.15) is 0 Å². The predicted molar refractivity (Wildman–Crippen MR) is 81.7 cm³/mol. The van der Waals surface area contributed by atoms with E-state index in [0.29, 0.717) is 0 Å². The second-order valence-electron chi connectivity index (χ2n) is 5.69. The van der Waals surface area contributed by atoms with Gasteiger partial charge in [0, 0.05) is 0 Å². The van der Waals surface area contributed by atoms with Gasteiger partial charge in [-0.1, -0.05) is 42.5 Å². The highest BCUT2D eigenvalue weighted by Gasteiger charge is 2.22. The van der Waals surface area contributed by atoms with Crippen LogP contribution in [-0.2, 0) is 4.74 Å². The van der Waals surface area contributed by atoms with Crippen LogP contribution < -0.4 is 5.32 Å². The van der Waals surface area contributed by atoms with Crippen molar-refractivity contribution < 1.29 is 19.7 Å². The summed E-state index contributed by atoms with van der Waals surface area (Å²) < 4.78 is 5.14. The summed E-state index contributed by atoms with van der Waals surface area (Å²) in [4.78, 5) is 11.7. The fraction of sp³-hybridized carbons (Fsp3) is 0.438. The number of aliphatic hydroxyl groups is 2. The van der Waals surface area contributed by atoms with Crippen molar-refractivity contribution in [1.82, 2.24) is 5.32 Å². The van der Waals surface area contributed by atoms with Gasteiger partial charge in [-0.05, 0) is 26.3 Å². The van der Waals surface area contributed by atoms with Crippen LogP contribution in [0.25, 0.3) is 6.08 Å². The monoisotopic (exact) mass is 293 g/mol. The second kappa shape index (κ2) is 7.81. The molecule has 5 heteroatoms. The quantitative estimate of drug-likeness (QED) is 0.775. The molecule has 1 rings (SSSR count). The van der Waals surface area contributed by atoms with E-state index >= 15 is 0 Å². The van der Waals surface area contributed by atoms with E-state index in [9.17, 15) is 9.90 Å². The lowest BCUT2D eigenvalue weighted by Gasteiger charge is -2.24. The number of ether oxygens (including phenoxy) is 1. The zero-order chi connectivity index (χ0) is 15.9. The van der Waals surface area contributed by atoms with E-state index in [-0.39, 0.29) is 0 Å². The zero-order valence-corrected chi connectivity index (χ0v) is 12.6. The van der Waals surface area contributed by atoms with Crippen LogP contribution in [0.5, 0.6) is 0 Å². The summed E-state index contributed by atoms with van der Waals surface area (Å²) in [6.45, 7) is 4.80. The van der Waals surface area contributed by atoms with Gasteiger partial charge in [0.05, 0.1) is 12.6 Å². The van der Waals surface area contributed by atoms with Gasteiger partial charge in [0.1, 0.15) is 11.7 Å². The van der Waals surface area contributed by atoms with Crippen molar-refractivity contribution >= 4 is 12.2 Å². The Morgan fingerprint density at radius 1 is 1.33 bits per heavy atom. The number of nitrogens with one attached hydrogen (secondary N) is 1. The summed E-state index contributed by atoms with van der Waals surface area (Å²) >= 11 is 0. The highest BCUT2D eigenvalue weighted by molar-refractivity contribution is 5.69. The van der Waals surface area contributed by atoms with Crippen molar-refractivity contribution in [2.24, 2.45) is 0 Å². The molecule has 0 heterocycles. The Labute approximate surface area is 125 Å². The van der Waals surface area contributed by atoms with E-state index < -0.39 is 30.4 Å². The molecule has 0 saturated carbocycles. The standard InChI is InChI=1S/C16H23NO4/c1-16(2,3)21-15(20)17-13(14(19)11-18)10-9-12-7-5-4-6-8-12/h4-10,13-14,18-19H,11H2,1-3H3,(H,17,20)/b10-9+/t13-,14+/m0/s1. The molecule has 5 nitrogen and oxygen atoms in total. The fourth-order valence-electron chi connectivity index (χ4n) is 1.61. The molecule has 3 N–H and O–H groups in total. The minimum absolute atomic E-state index is 0.459. The molecular weight excluding hydrogens is 270 g/mol. The molecule has 0 aliphatic carbocycles.